The molecule has 0 aliphatic rings. The SMILES string of the molecule is CC(C)C[C@H](CN)CC(=O)N(C)Cc1cscn1. The molecule has 1 amide bonds. The molecule has 1 aromatic heterocycles. The standard InChI is InChI=1S/C13H23N3OS/c1-10(2)4-11(6-14)5-13(17)16(3)7-12-8-18-9-15-12/h8-11H,4-7,14H2,1-3H3/t11-/m0/s1. The van der Waals surface area contributed by atoms with E-state index in [0.29, 0.717) is 25.4 Å². The molecule has 2 N–H and O–H groups in total. The number of nitrogens with zero attached hydrogens (tertiary/aromatic N) is 2. The zero-order valence-electron chi connectivity index (χ0n) is 11.4. The number of carbonyl (C=O) groups excluding carboxylic acids is 1. The molecule has 1 aromatic rings. The van der Waals surface area contributed by atoms with E-state index >= 15 is 0 Å². The predicted molar refractivity (Wildman–Crippen MR) is 75.2 cm³/mol. The molecule has 0 aromatic carbocycles. The molecule has 1 rings (SSSR count). The smallest absolute Gasteiger partial charge is 0.222 e. The van der Waals surface area contributed by atoms with Crippen LogP contribution in [0.25, 0.3) is 0 Å². The second-order valence-electron chi connectivity index (χ2n) is 5.16. The minimum absolute atomic E-state index is 0.152. The van der Waals surface area contributed by atoms with Crippen LogP contribution in [0.2, 0.25) is 0 Å². The fourth-order valence-corrected chi connectivity index (χ4v) is 2.53. The molecule has 0 bridgehead atoms. The van der Waals surface area contributed by atoms with E-state index in [1.54, 1.807) is 21.7 Å². The Hall–Kier alpha value is -0.940. The van der Waals surface area contributed by atoms with Gasteiger partial charge in [0.05, 0.1) is 17.7 Å². The number of hydrogen-bond acceptors (Lipinski definition) is 4. The molecule has 0 unspecified atom stereocenters. The maximum atomic E-state index is 12.1. The molecule has 0 aliphatic carbocycles. The Balaban J connectivity index is 2.43. The molecule has 0 saturated heterocycles. The Kier molecular flexibility index (Phi) is 6.29. The summed E-state index contributed by atoms with van der Waals surface area (Å²) in [6.45, 7) is 5.48. The largest absolute Gasteiger partial charge is 0.340 e. The van der Waals surface area contributed by atoms with Gasteiger partial charge in [-0.05, 0) is 24.8 Å². The number of hydrogen-bond donors (Lipinski definition) is 1. The molecule has 0 aliphatic heterocycles. The highest BCUT2D eigenvalue weighted by Gasteiger charge is 2.17. The van der Waals surface area contributed by atoms with Gasteiger partial charge in [0.2, 0.25) is 5.91 Å². The van der Waals surface area contributed by atoms with E-state index in [9.17, 15) is 4.79 Å². The average Bonchev–Trinajstić information content (AvgIpc) is 2.80. The quantitative estimate of drug-likeness (QED) is 0.824. The second-order valence-corrected chi connectivity index (χ2v) is 5.88. The van der Waals surface area contributed by atoms with Crippen LogP contribution in [0.15, 0.2) is 10.9 Å². The Bertz CT molecular complexity index is 351. The van der Waals surface area contributed by atoms with Gasteiger partial charge in [-0.15, -0.1) is 11.3 Å². The van der Waals surface area contributed by atoms with Crippen LogP contribution in [0, 0.1) is 11.8 Å². The molecule has 1 atom stereocenters. The first-order valence-electron chi connectivity index (χ1n) is 6.34. The summed E-state index contributed by atoms with van der Waals surface area (Å²) >= 11 is 1.55. The highest BCUT2D eigenvalue weighted by molar-refractivity contribution is 7.07. The van der Waals surface area contributed by atoms with E-state index in [1.165, 1.54) is 0 Å². The lowest BCUT2D eigenvalue weighted by Gasteiger charge is -2.21. The van der Waals surface area contributed by atoms with Crippen molar-refractivity contribution in [3.63, 3.8) is 0 Å². The maximum absolute atomic E-state index is 12.1. The van der Waals surface area contributed by atoms with E-state index in [4.69, 9.17) is 5.73 Å². The molecule has 0 radical (unpaired) electrons. The van der Waals surface area contributed by atoms with E-state index in [0.717, 1.165) is 12.1 Å². The summed E-state index contributed by atoms with van der Waals surface area (Å²) in [4.78, 5) is 18.0. The molecule has 18 heavy (non-hydrogen) atoms. The highest BCUT2D eigenvalue weighted by Crippen LogP contribution is 2.16. The van der Waals surface area contributed by atoms with Crippen LogP contribution in [0.1, 0.15) is 32.4 Å². The summed E-state index contributed by atoms with van der Waals surface area (Å²) in [7, 11) is 1.82. The Labute approximate surface area is 113 Å². The lowest BCUT2D eigenvalue weighted by molar-refractivity contribution is -0.131. The molecular weight excluding hydrogens is 246 g/mol. The van der Waals surface area contributed by atoms with Crippen LogP contribution in [0.3, 0.4) is 0 Å². The van der Waals surface area contributed by atoms with Gasteiger partial charge in [0.25, 0.3) is 0 Å². The number of carbonyl (C=O) groups is 1. The number of rotatable bonds is 7. The van der Waals surface area contributed by atoms with E-state index in [1.807, 2.05) is 12.4 Å². The third kappa shape index (κ3) is 5.14. The zero-order chi connectivity index (χ0) is 13.5. The average molecular weight is 269 g/mol. The van der Waals surface area contributed by atoms with Crippen molar-refractivity contribution >= 4 is 17.2 Å². The predicted octanol–water partition coefficient (Wildman–Crippen LogP) is 2.11. The van der Waals surface area contributed by atoms with Crippen LogP contribution >= 0.6 is 11.3 Å². The summed E-state index contributed by atoms with van der Waals surface area (Å²) in [5.41, 5.74) is 8.46. The van der Waals surface area contributed by atoms with Gasteiger partial charge in [-0.2, -0.15) is 0 Å². The zero-order valence-corrected chi connectivity index (χ0v) is 12.2. The van der Waals surface area contributed by atoms with Crippen LogP contribution in [0.4, 0.5) is 0 Å². The first kappa shape index (κ1) is 15.1. The van der Waals surface area contributed by atoms with Crippen molar-refractivity contribution in [3.8, 4) is 0 Å². The maximum Gasteiger partial charge on any atom is 0.222 e. The van der Waals surface area contributed by atoms with E-state index in [-0.39, 0.29) is 11.8 Å². The van der Waals surface area contributed by atoms with Crippen LogP contribution in [0.5, 0.6) is 0 Å². The van der Waals surface area contributed by atoms with Crippen molar-refractivity contribution in [1.82, 2.24) is 9.88 Å². The topological polar surface area (TPSA) is 59.2 Å². The molecular formula is C13H23N3OS. The third-order valence-corrected chi connectivity index (χ3v) is 3.55. The van der Waals surface area contributed by atoms with Crippen molar-refractivity contribution in [1.29, 1.82) is 0 Å². The van der Waals surface area contributed by atoms with Gasteiger partial charge in [0.1, 0.15) is 0 Å². The fraction of sp³-hybridized carbons (Fsp3) is 0.692. The summed E-state index contributed by atoms with van der Waals surface area (Å²) in [5, 5.41) is 1.97. The monoisotopic (exact) mass is 269 g/mol. The lowest BCUT2D eigenvalue weighted by atomic mass is 9.94. The molecule has 0 saturated carbocycles. The molecule has 0 fully saturated rings. The number of nitrogens with two attached hydrogens (primary N) is 1. The van der Waals surface area contributed by atoms with Crippen molar-refractivity contribution in [2.45, 2.75) is 33.2 Å². The Morgan fingerprint density at radius 3 is 2.78 bits per heavy atom. The molecule has 102 valence electrons. The normalized spacial score (nSPS) is 12.7. The van der Waals surface area contributed by atoms with E-state index in [2.05, 4.69) is 18.8 Å². The molecule has 0 spiro atoms. The number of aromatic nitrogens is 1. The van der Waals surface area contributed by atoms with Gasteiger partial charge in [0.15, 0.2) is 0 Å². The molecule has 5 heteroatoms. The number of amides is 1. The van der Waals surface area contributed by atoms with Crippen LogP contribution in [-0.2, 0) is 11.3 Å². The van der Waals surface area contributed by atoms with Crippen LogP contribution in [-0.4, -0.2) is 29.4 Å². The van der Waals surface area contributed by atoms with Gasteiger partial charge >= 0.3 is 0 Å². The van der Waals surface area contributed by atoms with Crippen molar-refractivity contribution in [2.75, 3.05) is 13.6 Å². The summed E-state index contributed by atoms with van der Waals surface area (Å²) in [6.07, 6.45) is 1.54. The first-order valence-corrected chi connectivity index (χ1v) is 7.28. The fourth-order valence-electron chi connectivity index (χ4n) is 1.98. The first-order chi connectivity index (χ1) is 8.52. The van der Waals surface area contributed by atoms with Gasteiger partial charge in [0, 0.05) is 18.8 Å². The van der Waals surface area contributed by atoms with Gasteiger partial charge in [-0.1, -0.05) is 13.8 Å². The summed E-state index contributed by atoms with van der Waals surface area (Å²) in [5.74, 6) is 1.02. The van der Waals surface area contributed by atoms with Gasteiger partial charge < -0.3 is 10.6 Å². The minimum Gasteiger partial charge on any atom is -0.340 e. The van der Waals surface area contributed by atoms with Crippen molar-refractivity contribution in [3.05, 3.63) is 16.6 Å². The Morgan fingerprint density at radius 2 is 2.28 bits per heavy atom. The minimum atomic E-state index is 0.152. The van der Waals surface area contributed by atoms with E-state index < -0.39 is 0 Å². The van der Waals surface area contributed by atoms with Crippen LogP contribution < -0.4 is 5.73 Å². The van der Waals surface area contributed by atoms with Gasteiger partial charge in [-0.25, -0.2) is 4.98 Å². The lowest BCUT2D eigenvalue weighted by Crippen LogP contribution is -2.30. The second kappa shape index (κ2) is 7.48. The highest BCUT2D eigenvalue weighted by atomic mass is 32.1. The third-order valence-electron chi connectivity index (χ3n) is 2.91. The number of thiazole rings is 1. The summed E-state index contributed by atoms with van der Waals surface area (Å²) < 4.78 is 0. The van der Waals surface area contributed by atoms with Crippen molar-refractivity contribution in [2.24, 2.45) is 17.6 Å². The van der Waals surface area contributed by atoms with Crippen molar-refractivity contribution < 1.29 is 4.79 Å². The van der Waals surface area contributed by atoms with Gasteiger partial charge in [-0.3, -0.25) is 4.79 Å². The summed E-state index contributed by atoms with van der Waals surface area (Å²) in [6, 6.07) is 0. The molecule has 1 heterocycles. The molecule has 4 nitrogen and oxygen atoms in total. The Morgan fingerprint density at radius 1 is 1.56 bits per heavy atom.